The number of fused-ring (bicyclic) bond motifs is 1. The zero-order valence-electron chi connectivity index (χ0n) is 12.8. The van der Waals surface area contributed by atoms with Gasteiger partial charge in [0.25, 0.3) is 0 Å². The highest BCUT2D eigenvalue weighted by Gasteiger charge is 2.13. The van der Waals surface area contributed by atoms with Crippen molar-refractivity contribution in [2.24, 2.45) is 0 Å². The van der Waals surface area contributed by atoms with Gasteiger partial charge >= 0.3 is 0 Å². The molecule has 2 heterocycles. The summed E-state index contributed by atoms with van der Waals surface area (Å²) in [7, 11) is 0. The Kier molecular flexibility index (Phi) is 4.29. The molecule has 0 radical (unpaired) electrons. The van der Waals surface area contributed by atoms with Gasteiger partial charge in [-0.1, -0.05) is 30.3 Å². The predicted octanol–water partition coefficient (Wildman–Crippen LogP) is 3.80. The van der Waals surface area contributed by atoms with E-state index in [9.17, 15) is 0 Å². The van der Waals surface area contributed by atoms with Gasteiger partial charge in [-0.3, -0.25) is 10.9 Å². The van der Waals surface area contributed by atoms with Crippen molar-refractivity contribution in [2.45, 2.75) is 0 Å². The molecule has 2 aromatic heterocycles. The monoisotopic (exact) mass is 445 g/mol. The Morgan fingerprint density at radius 2 is 1.44 bits per heavy atom. The van der Waals surface area contributed by atoms with Crippen LogP contribution in [0.4, 0.5) is 23.0 Å². The maximum absolute atomic E-state index is 4.71. The molecule has 0 atom stereocenters. The highest BCUT2D eigenvalue weighted by Crippen LogP contribution is 2.26. The molecule has 8 nitrogen and oxygen atoms in total. The number of rotatable bonds is 5. The van der Waals surface area contributed by atoms with Crippen LogP contribution in [0.25, 0.3) is 11.3 Å². The average Bonchev–Trinajstić information content (AvgIpc) is 3.10. The number of aromatic nitrogens is 4. The molecule has 0 fully saturated rings. The standard InChI is InChI=1S/C16H12IN7O/c17-11-8-4-5-9-12(11)18-13-14(20-16-15(19-13)23-25-24-16)22-21-10-6-2-1-3-7-10/h1-9,21H,(H,18,19,23)(H,20,22,24). The number of hydrogen-bond acceptors (Lipinski definition) is 8. The molecule has 0 saturated carbocycles. The molecule has 124 valence electrons. The van der Waals surface area contributed by atoms with Gasteiger partial charge in [0.05, 0.1) is 11.4 Å². The normalized spacial score (nSPS) is 10.6. The first-order valence-electron chi connectivity index (χ1n) is 7.38. The van der Waals surface area contributed by atoms with E-state index < -0.39 is 0 Å². The summed E-state index contributed by atoms with van der Waals surface area (Å²) in [6.07, 6.45) is 0. The smallest absolute Gasteiger partial charge is 0.245 e. The molecule has 0 spiro atoms. The van der Waals surface area contributed by atoms with Crippen LogP contribution in [0.3, 0.4) is 0 Å². The van der Waals surface area contributed by atoms with Crippen molar-refractivity contribution in [3.8, 4) is 0 Å². The lowest BCUT2D eigenvalue weighted by molar-refractivity contribution is 0.314. The van der Waals surface area contributed by atoms with Crippen molar-refractivity contribution in [3.05, 3.63) is 58.2 Å². The second kappa shape index (κ2) is 6.89. The van der Waals surface area contributed by atoms with E-state index in [0.717, 1.165) is 14.9 Å². The Balaban J connectivity index is 1.67. The summed E-state index contributed by atoms with van der Waals surface area (Å²) >= 11 is 2.25. The first kappa shape index (κ1) is 15.6. The lowest BCUT2D eigenvalue weighted by atomic mass is 10.3. The number of nitrogens with one attached hydrogen (secondary N) is 3. The fourth-order valence-electron chi connectivity index (χ4n) is 2.16. The third kappa shape index (κ3) is 3.45. The fraction of sp³-hybridized carbons (Fsp3) is 0. The fourth-order valence-corrected chi connectivity index (χ4v) is 2.68. The molecule has 2 aromatic carbocycles. The maximum atomic E-state index is 4.71. The van der Waals surface area contributed by atoms with Gasteiger partial charge in [0.15, 0.2) is 11.6 Å². The molecule has 4 aromatic rings. The van der Waals surface area contributed by atoms with Crippen molar-refractivity contribution in [2.75, 3.05) is 16.2 Å². The van der Waals surface area contributed by atoms with Gasteiger partial charge in [-0.05, 0) is 57.2 Å². The minimum Gasteiger partial charge on any atom is -0.336 e. The number of hydrogen-bond donors (Lipinski definition) is 3. The van der Waals surface area contributed by atoms with Gasteiger partial charge in [0.2, 0.25) is 11.3 Å². The van der Waals surface area contributed by atoms with Gasteiger partial charge in [-0.15, -0.1) is 0 Å². The van der Waals surface area contributed by atoms with Crippen LogP contribution in [0.2, 0.25) is 0 Å². The third-order valence-corrected chi connectivity index (χ3v) is 4.28. The lowest BCUT2D eigenvalue weighted by Crippen LogP contribution is -2.13. The van der Waals surface area contributed by atoms with Crippen LogP contribution in [0.15, 0.2) is 59.2 Å². The minimum atomic E-state index is 0.325. The molecular weight excluding hydrogens is 433 g/mol. The highest BCUT2D eigenvalue weighted by molar-refractivity contribution is 14.1. The number of para-hydroxylation sites is 2. The van der Waals surface area contributed by atoms with Crippen LogP contribution in [-0.4, -0.2) is 20.3 Å². The SMILES string of the molecule is Ic1ccccc1Nc1nc2nonc2nc1NNc1ccccc1. The Bertz CT molecular complexity index is 1010. The third-order valence-electron chi connectivity index (χ3n) is 3.34. The first-order valence-corrected chi connectivity index (χ1v) is 8.46. The summed E-state index contributed by atoms with van der Waals surface area (Å²) in [6.45, 7) is 0. The second-order valence-corrected chi connectivity index (χ2v) is 6.22. The molecule has 0 amide bonds. The molecule has 0 bridgehead atoms. The summed E-state index contributed by atoms with van der Waals surface area (Å²) in [4.78, 5) is 8.84. The van der Waals surface area contributed by atoms with E-state index in [1.54, 1.807) is 0 Å². The van der Waals surface area contributed by atoms with Gasteiger partial charge in [-0.25, -0.2) is 9.61 Å². The quantitative estimate of drug-likeness (QED) is 0.315. The number of benzene rings is 2. The van der Waals surface area contributed by atoms with Crippen LogP contribution in [0.5, 0.6) is 0 Å². The van der Waals surface area contributed by atoms with Crippen molar-refractivity contribution < 1.29 is 4.63 Å². The van der Waals surface area contributed by atoms with Crippen LogP contribution >= 0.6 is 22.6 Å². The van der Waals surface area contributed by atoms with E-state index in [1.165, 1.54) is 0 Å². The van der Waals surface area contributed by atoms with Crippen molar-refractivity contribution in [1.29, 1.82) is 0 Å². The van der Waals surface area contributed by atoms with Crippen LogP contribution < -0.4 is 16.2 Å². The van der Waals surface area contributed by atoms with Crippen molar-refractivity contribution >= 4 is 56.9 Å². The highest BCUT2D eigenvalue weighted by atomic mass is 127. The topological polar surface area (TPSA) is 101 Å². The Hall–Kier alpha value is -2.95. The molecule has 25 heavy (non-hydrogen) atoms. The van der Waals surface area contributed by atoms with Gasteiger partial charge in [0, 0.05) is 3.57 Å². The van der Waals surface area contributed by atoms with E-state index in [4.69, 9.17) is 4.63 Å². The van der Waals surface area contributed by atoms with E-state index in [0.29, 0.717) is 22.9 Å². The van der Waals surface area contributed by atoms with Crippen LogP contribution in [0, 0.1) is 3.57 Å². The zero-order chi connectivity index (χ0) is 17.1. The molecule has 3 N–H and O–H groups in total. The van der Waals surface area contributed by atoms with Gasteiger partial charge in [-0.2, -0.15) is 4.98 Å². The van der Waals surface area contributed by atoms with E-state index in [2.05, 4.69) is 59.0 Å². The Morgan fingerprint density at radius 3 is 2.20 bits per heavy atom. The van der Waals surface area contributed by atoms with Crippen molar-refractivity contribution in [1.82, 2.24) is 20.3 Å². The number of anilines is 4. The summed E-state index contributed by atoms with van der Waals surface area (Å²) < 4.78 is 5.77. The molecular formula is C16H12IN7O. The van der Waals surface area contributed by atoms with Gasteiger partial charge in [0.1, 0.15) is 0 Å². The lowest BCUT2D eigenvalue weighted by Gasteiger charge is -2.13. The molecule has 4 rings (SSSR count). The Morgan fingerprint density at radius 1 is 0.760 bits per heavy atom. The summed E-state index contributed by atoms with van der Waals surface area (Å²) in [6, 6.07) is 17.6. The molecule has 0 aliphatic rings. The van der Waals surface area contributed by atoms with E-state index in [-0.39, 0.29) is 0 Å². The summed E-state index contributed by atoms with van der Waals surface area (Å²) in [5.41, 5.74) is 8.60. The van der Waals surface area contributed by atoms with Crippen LogP contribution in [0.1, 0.15) is 0 Å². The maximum Gasteiger partial charge on any atom is 0.245 e. The second-order valence-electron chi connectivity index (χ2n) is 5.05. The summed E-state index contributed by atoms with van der Waals surface area (Å²) in [5, 5.41) is 10.8. The van der Waals surface area contributed by atoms with Gasteiger partial charge < -0.3 is 5.32 Å². The number of hydrazine groups is 1. The van der Waals surface area contributed by atoms with Crippen molar-refractivity contribution in [3.63, 3.8) is 0 Å². The van der Waals surface area contributed by atoms with E-state index in [1.807, 2.05) is 54.6 Å². The molecule has 0 aliphatic carbocycles. The number of halogens is 1. The Labute approximate surface area is 156 Å². The van der Waals surface area contributed by atoms with Crippen LogP contribution in [-0.2, 0) is 0 Å². The molecule has 0 saturated heterocycles. The molecule has 9 heteroatoms. The molecule has 0 aliphatic heterocycles. The minimum absolute atomic E-state index is 0.325. The molecule has 0 unspecified atom stereocenters. The zero-order valence-corrected chi connectivity index (χ0v) is 14.9. The largest absolute Gasteiger partial charge is 0.336 e. The summed E-state index contributed by atoms with van der Waals surface area (Å²) in [5.74, 6) is 0.988. The first-order chi connectivity index (χ1) is 12.3. The van der Waals surface area contributed by atoms with E-state index >= 15 is 0 Å². The average molecular weight is 445 g/mol. The number of nitrogens with zero attached hydrogens (tertiary/aromatic N) is 4. The predicted molar refractivity (Wildman–Crippen MR) is 104 cm³/mol.